The van der Waals surface area contributed by atoms with Crippen molar-refractivity contribution >= 4 is 27.5 Å². The molecule has 220 valence electrons. The minimum absolute atomic E-state index is 0.00736. The SMILES string of the molecule is CC[C@H](C(=O)N[C@@H](C)CC)N(Cc1ccc(F)cc1)C(=O)CN(c1ccc(OC)cc1)S(=O)(=O)c1ccc(C)cc1. The number of sulfonamides is 1. The predicted molar refractivity (Wildman–Crippen MR) is 158 cm³/mol. The summed E-state index contributed by atoms with van der Waals surface area (Å²) in [5.41, 5.74) is 1.75. The summed E-state index contributed by atoms with van der Waals surface area (Å²) in [6, 6.07) is 17.4. The number of benzene rings is 3. The first-order chi connectivity index (χ1) is 19.5. The number of hydrogen-bond acceptors (Lipinski definition) is 5. The van der Waals surface area contributed by atoms with Crippen LogP contribution in [-0.2, 0) is 26.2 Å². The van der Waals surface area contributed by atoms with Gasteiger partial charge in [-0.25, -0.2) is 12.8 Å². The number of nitrogens with zero attached hydrogens (tertiary/aromatic N) is 2. The van der Waals surface area contributed by atoms with Crippen molar-refractivity contribution < 1.29 is 27.1 Å². The van der Waals surface area contributed by atoms with Crippen molar-refractivity contribution in [1.29, 1.82) is 0 Å². The Bertz CT molecular complexity index is 1410. The highest BCUT2D eigenvalue weighted by molar-refractivity contribution is 7.92. The summed E-state index contributed by atoms with van der Waals surface area (Å²) in [5.74, 6) is -0.816. The molecule has 0 aliphatic heterocycles. The van der Waals surface area contributed by atoms with Crippen LogP contribution in [0, 0.1) is 12.7 Å². The van der Waals surface area contributed by atoms with Crippen LogP contribution >= 0.6 is 0 Å². The highest BCUT2D eigenvalue weighted by Crippen LogP contribution is 2.27. The maximum absolute atomic E-state index is 14.1. The molecule has 0 fully saturated rings. The Morgan fingerprint density at radius 3 is 2.07 bits per heavy atom. The zero-order valence-corrected chi connectivity index (χ0v) is 24.9. The molecular weight excluding hydrogens is 545 g/mol. The quantitative estimate of drug-likeness (QED) is 0.304. The van der Waals surface area contributed by atoms with Gasteiger partial charge in [-0.2, -0.15) is 0 Å². The van der Waals surface area contributed by atoms with Gasteiger partial charge in [-0.05, 0) is 80.8 Å². The number of ether oxygens (including phenoxy) is 1. The summed E-state index contributed by atoms with van der Waals surface area (Å²) >= 11 is 0. The molecule has 3 aromatic rings. The van der Waals surface area contributed by atoms with Crippen LogP contribution < -0.4 is 14.4 Å². The van der Waals surface area contributed by atoms with E-state index in [0.717, 1.165) is 9.87 Å². The van der Waals surface area contributed by atoms with Crippen LogP contribution in [-0.4, -0.2) is 50.9 Å². The summed E-state index contributed by atoms with van der Waals surface area (Å²) < 4.78 is 47.7. The lowest BCUT2D eigenvalue weighted by atomic mass is 10.1. The molecule has 3 rings (SSSR count). The number of aryl methyl sites for hydroxylation is 1. The fourth-order valence-corrected chi connectivity index (χ4v) is 5.68. The molecule has 41 heavy (non-hydrogen) atoms. The van der Waals surface area contributed by atoms with Gasteiger partial charge in [-0.1, -0.05) is 43.7 Å². The largest absolute Gasteiger partial charge is 0.497 e. The van der Waals surface area contributed by atoms with E-state index in [9.17, 15) is 22.4 Å². The second-order valence-electron chi connectivity index (χ2n) is 9.91. The van der Waals surface area contributed by atoms with Crippen molar-refractivity contribution in [3.8, 4) is 5.75 Å². The average molecular weight is 584 g/mol. The van der Waals surface area contributed by atoms with Gasteiger partial charge in [-0.15, -0.1) is 0 Å². The Morgan fingerprint density at radius 2 is 1.54 bits per heavy atom. The highest BCUT2D eigenvalue weighted by Gasteiger charge is 2.34. The maximum atomic E-state index is 14.1. The van der Waals surface area contributed by atoms with Gasteiger partial charge in [0, 0.05) is 12.6 Å². The number of methoxy groups -OCH3 is 1. The van der Waals surface area contributed by atoms with Crippen LogP contribution in [0.1, 0.15) is 44.7 Å². The topological polar surface area (TPSA) is 96.0 Å². The van der Waals surface area contributed by atoms with Gasteiger partial charge in [0.2, 0.25) is 11.8 Å². The third kappa shape index (κ3) is 8.07. The zero-order valence-electron chi connectivity index (χ0n) is 24.1. The van der Waals surface area contributed by atoms with Gasteiger partial charge in [0.25, 0.3) is 10.0 Å². The Labute approximate surface area is 242 Å². The number of carbonyl (C=O) groups is 2. The number of nitrogens with one attached hydrogen (secondary N) is 1. The van der Waals surface area contributed by atoms with Crippen molar-refractivity contribution in [3.63, 3.8) is 0 Å². The van der Waals surface area contributed by atoms with E-state index in [-0.39, 0.29) is 29.1 Å². The molecule has 0 bridgehead atoms. The third-order valence-corrected chi connectivity index (χ3v) is 8.69. The normalized spacial score (nSPS) is 12.7. The van der Waals surface area contributed by atoms with Crippen LogP contribution in [0.25, 0.3) is 0 Å². The van der Waals surface area contributed by atoms with Gasteiger partial charge < -0.3 is 15.0 Å². The molecule has 10 heteroatoms. The summed E-state index contributed by atoms with van der Waals surface area (Å²) in [5, 5.41) is 2.93. The summed E-state index contributed by atoms with van der Waals surface area (Å²) in [7, 11) is -2.68. The van der Waals surface area contributed by atoms with Gasteiger partial charge in [0.05, 0.1) is 17.7 Å². The average Bonchev–Trinajstić information content (AvgIpc) is 2.96. The van der Waals surface area contributed by atoms with Gasteiger partial charge in [-0.3, -0.25) is 13.9 Å². The number of hydrogen-bond donors (Lipinski definition) is 1. The Morgan fingerprint density at radius 1 is 0.927 bits per heavy atom. The molecule has 3 aromatic carbocycles. The minimum atomic E-state index is -4.18. The molecule has 0 aromatic heterocycles. The van der Waals surface area contributed by atoms with Gasteiger partial charge in [0.1, 0.15) is 24.2 Å². The second-order valence-corrected chi connectivity index (χ2v) is 11.8. The maximum Gasteiger partial charge on any atom is 0.264 e. The molecule has 0 radical (unpaired) electrons. The predicted octanol–water partition coefficient (Wildman–Crippen LogP) is 5.06. The summed E-state index contributed by atoms with van der Waals surface area (Å²) in [4.78, 5) is 28.7. The van der Waals surface area contributed by atoms with Gasteiger partial charge >= 0.3 is 0 Å². The van der Waals surface area contributed by atoms with E-state index in [1.165, 1.54) is 36.3 Å². The number of halogens is 1. The van der Waals surface area contributed by atoms with E-state index in [2.05, 4.69) is 5.32 Å². The fraction of sp³-hybridized carbons (Fsp3) is 0.355. The van der Waals surface area contributed by atoms with Crippen LogP contribution in [0.4, 0.5) is 10.1 Å². The molecule has 0 aliphatic rings. The molecule has 8 nitrogen and oxygen atoms in total. The Hall–Kier alpha value is -3.92. The first-order valence-corrected chi connectivity index (χ1v) is 15.0. The van der Waals surface area contributed by atoms with Crippen molar-refractivity contribution in [3.05, 3.63) is 89.7 Å². The van der Waals surface area contributed by atoms with E-state index in [0.29, 0.717) is 24.2 Å². The van der Waals surface area contributed by atoms with Crippen LogP contribution in [0.15, 0.2) is 77.7 Å². The first kappa shape index (κ1) is 31.6. The van der Waals surface area contributed by atoms with E-state index >= 15 is 0 Å². The number of carbonyl (C=O) groups excluding carboxylic acids is 2. The minimum Gasteiger partial charge on any atom is -0.497 e. The molecule has 1 N–H and O–H groups in total. The van der Waals surface area contributed by atoms with E-state index < -0.39 is 34.3 Å². The van der Waals surface area contributed by atoms with E-state index in [1.807, 2.05) is 20.8 Å². The smallest absolute Gasteiger partial charge is 0.264 e. The summed E-state index contributed by atoms with van der Waals surface area (Å²) in [6.45, 7) is 6.88. The molecule has 0 aliphatic carbocycles. The van der Waals surface area contributed by atoms with Crippen LogP contribution in [0.5, 0.6) is 5.75 Å². The monoisotopic (exact) mass is 583 g/mol. The van der Waals surface area contributed by atoms with Crippen molar-refractivity contribution in [2.24, 2.45) is 0 Å². The first-order valence-electron chi connectivity index (χ1n) is 13.6. The van der Waals surface area contributed by atoms with Gasteiger partial charge in [0.15, 0.2) is 0 Å². The summed E-state index contributed by atoms with van der Waals surface area (Å²) in [6.07, 6.45) is 0.997. The molecule has 0 unspecified atom stereocenters. The molecule has 0 saturated heterocycles. The zero-order chi connectivity index (χ0) is 30.2. The third-order valence-electron chi connectivity index (χ3n) is 6.90. The second kappa shape index (κ2) is 14.1. The fourth-order valence-electron chi connectivity index (χ4n) is 4.26. The molecular formula is C31H38FN3O5S. The lowest BCUT2D eigenvalue weighted by molar-refractivity contribution is -0.140. The standard InChI is InChI=1S/C31H38FN3O5S/c1-6-23(4)33-31(37)29(7-2)34(20-24-10-12-25(32)13-11-24)30(36)21-35(26-14-16-27(40-5)17-15-26)41(38,39)28-18-8-22(3)9-19-28/h8-19,23,29H,6-7,20-21H2,1-5H3,(H,33,37)/t23-,29+/m0/s1. The molecule has 0 saturated carbocycles. The number of amides is 2. The lowest BCUT2D eigenvalue weighted by Crippen LogP contribution is -2.53. The molecule has 0 heterocycles. The Kier molecular flexibility index (Phi) is 10.9. The molecule has 2 amide bonds. The van der Waals surface area contributed by atoms with E-state index in [1.54, 1.807) is 55.5 Å². The number of anilines is 1. The van der Waals surface area contributed by atoms with E-state index in [4.69, 9.17) is 4.74 Å². The highest BCUT2D eigenvalue weighted by atomic mass is 32.2. The number of rotatable bonds is 13. The van der Waals surface area contributed by atoms with Crippen molar-refractivity contribution in [2.75, 3.05) is 18.0 Å². The lowest BCUT2D eigenvalue weighted by Gasteiger charge is -2.33. The van der Waals surface area contributed by atoms with Crippen LogP contribution in [0.2, 0.25) is 0 Å². The molecule has 2 atom stereocenters. The van der Waals surface area contributed by atoms with Crippen LogP contribution in [0.3, 0.4) is 0 Å². The van der Waals surface area contributed by atoms with Crippen molar-refractivity contribution in [1.82, 2.24) is 10.2 Å². The van der Waals surface area contributed by atoms with Crippen molar-refractivity contribution in [2.45, 2.75) is 64.1 Å². The molecule has 0 spiro atoms. The Balaban J connectivity index is 2.05.